The third-order valence-corrected chi connectivity index (χ3v) is 3.17. The molecular weight excluding hydrogens is 250 g/mol. The molecule has 0 saturated heterocycles. The van der Waals surface area contributed by atoms with E-state index in [-0.39, 0.29) is 23.5 Å². The Morgan fingerprint density at radius 2 is 1.94 bits per heavy atom. The summed E-state index contributed by atoms with van der Waals surface area (Å²) in [5.41, 5.74) is 1.17. The summed E-state index contributed by atoms with van der Waals surface area (Å²) in [6.45, 7) is 1.94. The number of carboxylic acid groups (broad SMARTS) is 1. The van der Waals surface area contributed by atoms with E-state index in [4.69, 9.17) is 5.11 Å². The van der Waals surface area contributed by atoms with E-state index in [0.29, 0.717) is 0 Å². The summed E-state index contributed by atoms with van der Waals surface area (Å²) in [7, 11) is 0. The maximum absolute atomic E-state index is 11.5. The second-order valence-corrected chi connectivity index (χ2v) is 5.03. The van der Waals surface area contributed by atoms with Crippen LogP contribution in [0.2, 0.25) is 0 Å². The van der Waals surface area contributed by atoms with Crippen LogP contribution >= 0.6 is 11.8 Å². The number of amides is 1. The lowest BCUT2D eigenvalue weighted by molar-refractivity contribution is -0.133. The highest BCUT2D eigenvalue weighted by atomic mass is 32.2. The van der Waals surface area contributed by atoms with Crippen molar-refractivity contribution in [3.63, 3.8) is 0 Å². The van der Waals surface area contributed by atoms with Crippen molar-refractivity contribution in [1.82, 2.24) is 5.32 Å². The predicted molar refractivity (Wildman–Crippen MR) is 72.7 cm³/mol. The van der Waals surface area contributed by atoms with Crippen molar-refractivity contribution in [2.45, 2.75) is 19.4 Å². The number of benzene rings is 1. The zero-order valence-electron chi connectivity index (χ0n) is 10.3. The number of aliphatic carboxylic acids is 1. The Bertz CT molecular complexity index is 394. The van der Waals surface area contributed by atoms with Gasteiger partial charge in [0.05, 0.1) is 11.5 Å². The van der Waals surface area contributed by atoms with E-state index in [9.17, 15) is 9.59 Å². The van der Waals surface area contributed by atoms with Crippen LogP contribution in [0.1, 0.15) is 12.5 Å². The zero-order valence-corrected chi connectivity index (χ0v) is 11.1. The van der Waals surface area contributed by atoms with Crippen LogP contribution in [0.25, 0.3) is 0 Å². The average molecular weight is 267 g/mol. The van der Waals surface area contributed by atoms with Gasteiger partial charge in [0.15, 0.2) is 0 Å². The molecule has 1 rings (SSSR count). The molecule has 0 aliphatic heterocycles. The van der Waals surface area contributed by atoms with Gasteiger partial charge < -0.3 is 10.4 Å². The molecular formula is C13H17NO3S. The highest BCUT2D eigenvalue weighted by molar-refractivity contribution is 8.00. The highest BCUT2D eigenvalue weighted by Gasteiger charge is 2.08. The number of carboxylic acids is 1. The van der Waals surface area contributed by atoms with E-state index in [1.165, 1.54) is 5.56 Å². The standard InChI is InChI=1S/C13H17NO3S/c1-10(7-11-5-3-2-4-6-11)14-12(15)8-18-9-13(16)17/h2-6,10H,7-9H2,1H3,(H,14,15)(H,16,17). The molecule has 1 aromatic rings. The van der Waals surface area contributed by atoms with Crippen LogP contribution in [0.15, 0.2) is 30.3 Å². The molecule has 0 fully saturated rings. The van der Waals surface area contributed by atoms with Gasteiger partial charge in [0.25, 0.3) is 0 Å². The first kappa shape index (κ1) is 14.6. The Labute approximate surface area is 111 Å². The van der Waals surface area contributed by atoms with E-state index < -0.39 is 5.97 Å². The summed E-state index contributed by atoms with van der Waals surface area (Å²) in [5.74, 6) is -0.874. The first-order valence-electron chi connectivity index (χ1n) is 5.70. The fourth-order valence-corrected chi connectivity index (χ4v) is 2.11. The Morgan fingerprint density at radius 1 is 1.28 bits per heavy atom. The monoisotopic (exact) mass is 267 g/mol. The Balaban J connectivity index is 2.25. The molecule has 5 heteroatoms. The minimum absolute atomic E-state index is 0.0412. The molecule has 1 amide bonds. The number of hydrogen-bond acceptors (Lipinski definition) is 3. The van der Waals surface area contributed by atoms with Crippen molar-refractivity contribution in [3.05, 3.63) is 35.9 Å². The molecule has 0 aromatic heterocycles. The maximum Gasteiger partial charge on any atom is 0.313 e. The van der Waals surface area contributed by atoms with E-state index in [1.807, 2.05) is 37.3 Å². The van der Waals surface area contributed by atoms with Crippen LogP contribution in [-0.2, 0) is 16.0 Å². The van der Waals surface area contributed by atoms with Crippen LogP contribution in [0, 0.1) is 0 Å². The molecule has 0 aliphatic carbocycles. The smallest absolute Gasteiger partial charge is 0.313 e. The van der Waals surface area contributed by atoms with Gasteiger partial charge in [0, 0.05) is 6.04 Å². The fourth-order valence-electron chi connectivity index (χ4n) is 1.57. The SMILES string of the molecule is CC(Cc1ccccc1)NC(=O)CSCC(=O)O. The van der Waals surface area contributed by atoms with Gasteiger partial charge in [-0.3, -0.25) is 9.59 Å². The van der Waals surface area contributed by atoms with Crippen LogP contribution in [0.3, 0.4) is 0 Å². The molecule has 0 radical (unpaired) electrons. The lowest BCUT2D eigenvalue weighted by Crippen LogP contribution is -2.35. The number of nitrogens with one attached hydrogen (secondary N) is 1. The zero-order chi connectivity index (χ0) is 13.4. The first-order chi connectivity index (χ1) is 8.58. The highest BCUT2D eigenvalue weighted by Crippen LogP contribution is 2.04. The third kappa shape index (κ3) is 6.30. The minimum Gasteiger partial charge on any atom is -0.481 e. The summed E-state index contributed by atoms with van der Waals surface area (Å²) >= 11 is 1.11. The van der Waals surface area contributed by atoms with Crippen LogP contribution in [0.5, 0.6) is 0 Å². The second-order valence-electron chi connectivity index (χ2n) is 4.04. The molecule has 0 aliphatic rings. The lowest BCUT2D eigenvalue weighted by atomic mass is 10.1. The Kier molecular flexibility index (Phi) is 6.28. The number of carbonyl (C=O) groups is 2. The number of rotatable bonds is 7. The quantitative estimate of drug-likeness (QED) is 0.786. The second kappa shape index (κ2) is 7.76. The summed E-state index contributed by atoms with van der Waals surface area (Å²) in [4.78, 5) is 21.8. The van der Waals surface area contributed by atoms with Crippen LogP contribution in [-0.4, -0.2) is 34.5 Å². The van der Waals surface area contributed by atoms with Crippen molar-refractivity contribution in [2.24, 2.45) is 0 Å². The third-order valence-electron chi connectivity index (χ3n) is 2.25. The summed E-state index contributed by atoms with van der Waals surface area (Å²) in [5, 5.41) is 11.3. The average Bonchev–Trinajstić information content (AvgIpc) is 2.29. The fraction of sp³-hybridized carbons (Fsp3) is 0.385. The minimum atomic E-state index is -0.898. The molecule has 0 bridgehead atoms. The number of hydrogen-bond donors (Lipinski definition) is 2. The Hall–Kier alpha value is -1.49. The van der Waals surface area contributed by atoms with Gasteiger partial charge in [-0.05, 0) is 18.9 Å². The van der Waals surface area contributed by atoms with Gasteiger partial charge in [-0.2, -0.15) is 0 Å². The predicted octanol–water partition coefficient (Wildman–Crippen LogP) is 1.55. The molecule has 1 atom stereocenters. The molecule has 0 saturated carbocycles. The van der Waals surface area contributed by atoms with Gasteiger partial charge in [0.2, 0.25) is 5.91 Å². The lowest BCUT2D eigenvalue weighted by Gasteiger charge is -2.13. The van der Waals surface area contributed by atoms with Gasteiger partial charge in [-0.15, -0.1) is 11.8 Å². The largest absolute Gasteiger partial charge is 0.481 e. The molecule has 0 spiro atoms. The van der Waals surface area contributed by atoms with E-state index in [2.05, 4.69) is 5.32 Å². The number of thioether (sulfide) groups is 1. The van der Waals surface area contributed by atoms with Gasteiger partial charge in [0.1, 0.15) is 0 Å². The van der Waals surface area contributed by atoms with Gasteiger partial charge in [-0.1, -0.05) is 30.3 Å². The van der Waals surface area contributed by atoms with Crippen LogP contribution < -0.4 is 5.32 Å². The molecule has 1 aromatic carbocycles. The molecule has 2 N–H and O–H groups in total. The van der Waals surface area contributed by atoms with Crippen molar-refractivity contribution in [3.8, 4) is 0 Å². The molecule has 0 heterocycles. The topological polar surface area (TPSA) is 66.4 Å². The van der Waals surface area contributed by atoms with E-state index in [1.54, 1.807) is 0 Å². The maximum atomic E-state index is 11.5. The van der Waals surface area contributed by atoms with Gasteiger partial charge in [-0.25, -0.2) is 0 Å². The van der Waals surface area contributed by atoms with Crippen molar-refractivity contribution >= 4 is 23.6 Å². The summed E-state index contributed by atoms with van der Waals surface area (Å²) in [6, 6.07) is 9.96. The van der Waals surface area contributed by atoms with Crippen LogP contribution in [0.4, 0.5) is 0 Å². The normalized spacial score (nSPS) is 11.8. The van der Waals surface area contributed by atoms with Crippen molar-refractivity contribution in [2.75, 3.05) is 11.5 Å². The van der Waals surface area contributed by atoms with E-state index >= 15 is 0 Å². The first-order valence-corrected chi connectivity index (χ1v) is 6.86. The molecule has 18 heavy (non-hydrogen) atoms. The van der Waals surface area contributed by atoms with Crippen molar-refractivity contribution in [1.29, 1.82) is 0 Å². The summed E-state index contributed by atoms with van der Waals surface area (Å²) < 4.78 is 0. The molecule has 4 nitrogen and oxygen atoms in total. The number of carbonyl (C=O) groups excluding carboxylic acids is 1. The van der Waals surface area contributed by atoms with Crippen molar-refractivity contribution < 1.29 is 14.7 Å². The summed E-state index contributed by atoms with van der Waals surface area (Å²) in [6.07, 6.45) is 0.774. The van der Waals surface area contributed by atoms with E-state index in [0.717, 1.165) is 18.2 Å². The molecule has 98 valence electrons. The Morgan fingerprint density at radius 3 is 2.56 bits per heavy atom. The van der Waals surface area contributed by atoms with Gasteiger partial charge >= 0.3 is 5.97 Å². The molecule has 1 unspecified atom stereocenters.